The molecule has 0 radical (unpaired) electrons. The summed E-state index contributed by atoms with van der Waals surface area (Å²) in [5.74, 6) is 0. The van der Waals surface area contributed by atoms with Gasteiger partial charge in [-0.25, -0.2) is 4.98 Å². The summed E-state index contributed by atoms with van der Waals surface area (Å²) in [6.07, 6.45) is 6.73. The first-order chi connectivity index (χ1) is 8.85. The number of hydrogen-bond donors (Lipinski definition) is 1. The quantitative estimate of drug-likeness (QED) is 0.783. The fraction of sp³-hybridized carbons (Fsp3) is 0.786. The van der Waals surface area contributed by atoms with Crippen LogP contribution >= 0.6 is 11.3 Å². The Labute approximate surface area is 114 Å². The molecule has 2 aliphatic rings. The summed E-state index contributed by atoms with van der Waals surface area (Å²) in [4.78, 5) is 7.36. The molecule has 2 aliphatic carbocycles. The van der Waals surface area contributed by atoms with Gasteiger partial charge < -0.3 is 5.32 Å². The molecule has 1 aromatic heterocycles. The predicted molar refractivity (Wildman–Crippen MR) is 75.7 cm³/mol. The SMILES string of the molecule is CCCN(Cc1csc(CNC2CC2)n1)C1CC1. The molecule has 2 saturated carbocycles. The van der Waals surface area contributed by atoms with Gasteiger partial charge in [0, 0.05) is 30.6 Å². The van der Waals surface area contributed by atoms with Crippen molar-refractivity contribution in [1.29, 1.82) is 0 Å². The van der Waals surface area contributed by atoms with Crippen LogP contribution in [-0.4, -0.2) is 28.5 Å². The van der Waals surface area contributed by atoms with Crippen LogP contribution in [0.2, 0.25) is 0 Å². The maximum atomic E-state index is 4.76. The summed E-state index contributed by atoms with van der Waals surface area (Å²) in [6, 6.07) is 1.63. The molecule has 4 heteroatoms. The van der Waals surface area contributed by atoms with Gasteiger partial charge in [-0.3, -0.25) is 4.90 Å². The molecule has 0 aromatic carbocycles. The number of nitrogens with zero attached hydrogens (tertiary/aromatic N) is 2. The summed E-state index contributed by atoms with van der Waals surface area (Å²) in [5, 5.41) is 7.03. The van der Waals surface area contributed by atoms with E-state index in [0.717, 1.165) is 25.2 Å². The van der Waals surface area contributed by atoms with E-state index in [9.17, 15) is 0 Å². The summed E-state index contributed by atoms with van der Waals surface area (Å²) in [7, 11) is 0. The smallest absolute Gasteiger partial charge is 0.107 e. The van der Waals surface area contributed by atoms with Crippen molar-refractivity contribution < 1.29 is 0 Å². The Hall–Kier alpha value is -0.450. The highest BCUT2D eigenvalue weighted by atomic mass is 32.1. The Morgan fingerprint density at radius 3 is 2.89 bits per heavy atom. The standard InChI is InChI=1S/C14H23N3S/c1-2-7-17(13-5-6-13)9-12-10-18-14(16-12)8-15-11-3-4-11/h10-11,13,15H,2-9H2,1H3. The monoisotopic (exact) mass is 265 g/mol. The van der Waals surface area contributed by atoms with Gasteiger partial charge >= 0.3 is 0 Å². The number of thiazole rings is 1. The van der Waals surface area contributed by atoms with Crippen LogP contribution in [0, 0.1) is 0 Å². The first-order valence-electron chi connectivity index (χ1n) is 7.26. The van der Waals surface area contributed by atoms with Crippen molar-refractivity contribution in [2.24, 2.45) is 0 Å². The average molecular weight is 265 g/mol. The molecule has 0 unspecified atom stereocenters. The first-order valence-corrected chi connectivity index (χ1v) is 8.14. The van der Waals surface area contributed by atoms with Gasteiger partial charge in [-0.1, -0.05) is 6.92 Å². The lowest BCUT2D eigenvalue weighted by Crippen LogP contribution is -2.26. The van der Waals surface area contributed by atoms with Crippen molar-refractivity contribution in [3.05, 3.63) is 16.1 Å². The Morgan fingerprint density at radius 2 is 2.22 bits per heavy atom. The van der Waals surface area contributed by atoms with Crippen LogP contribution in [0.5, 0.6) is 0 Å². The molecule has 0 saturated heterocycles. The topological polar surface area (TPSA) is 28.2 Å². The number of hydrogen-bond acceptors (Lipinski definition) is 4. The Bertz CT molecular complexity index is 382. The van der Waals surface area contributed by atoms with Crippen molar-refractivity contribution in [1.82, 2.24) is 15.2 Å². The highest BCUT2D eigenvalue weighted by Crippen LogP contribution is 2.28. The molecule has 0 aliphatic heterocycles. The van der Waals surface area contributed by atoms with Gasteiger partial charge in [0.05, 0.1) is 5.69 Å². The van der Waals surface area contributed by atoms with Gasteiger partial charge in [0.25, 0.3) is 0 Å². The zero-order chi connectivity index (χ0) is 12.4. The molecule has 3 rings (SSSR count). The normalized spacial score (nSPS) is 19.7. The van der Waals surface area contributed by atoms with E-state index >= 15 is 0 Å². The highest BCUT2D eigenvalue weighted by Gasteiger charge is 2.28. The maximum Gasteiger partial charge on any atom is 0.107 e. The van der Waals surface area contributed by atoms with Crippen molar-refractivity contribution in [3.8, 4) is 0 Å². The lowest BCUT2D eigenvalue weighted by molar-refractivity contribution is 0.252. The first kappa shape index (κ1) is 12.6. The molecular weight excluding hydrogens is 242 g/mol. The minimum absolute atomic E-state index is 0.778. The molecule has 0 amide bonds. The second-order valence-corrected chi connectivity index (χ2v) is 6.53. The minimum Gasteiger partial charge on any atom is -0.308 e. The fourth-order valence-corrected chi connectivity index (χ4v) is 3.08. The molecule has 0 atom stereocenters. The van der Waals surface area contributed by atoms with E-state index < -0.39 is 0 Å². The van der Waals surface area contributed by atoms with E-state index in [1.165, 1.54) is 49.4 Å². The number of rotatable bonds is 8. The summed E-state index contributed by atoms with van der Waals surface area (Å²) in [6.45, 7) is 5.50. The Morgan fingerprint density at radius 1 is 1.39 bits per heavy atom. The molecule has 100 valence electrons. The molecule has 2 fully saturated rings. The summed E-state index contributed by atoms with van der Waals surface area (Å²) in [5.41, 5.74) is 1.27. The predicted octanol–water partition coefficient (Wildman–Crippen LogP) is 2.77. The number of nitrogens with one attached hydrogen (secondary N) is 1. The third kappa shape index (κ3) is 3.53. The van der Waals surface area contributed by atoms with E-state index in [-0.39, 0.29) is 0 Å². The third-order valence-corrected chi connectivity index (χ3v) is 4.56. The largest absolute Gasteiger partial charge is 0.308 e. The van der Waals surface area contributed by atoms with E-state index in [1.807, 2.05) is 11.3 Å². The molecule has 0 spiro atoms. The second-order valence-electron chi connectivity index (χ2n) is 5.59. The van der Waals surface area contributed by atoms with Crippen LogP contribution in [-0.2, 0) is 13.1 Å². The molecule has 0 bridgehead atoms. The van der Waals surface area contributed by atoms with Gasteiger partial charge in [-0.15, -0.1) is 11.3 Å². The number of aromatic nitrogens is 1. The van der Waals surface area contributed by atoms with E-state index in [4.69, 9.17) is 4.98 Å². The van der Waals surface area contributed by atoms with Crippen LogP contribution in [0.25, 0.3) is 0 Å². The summed E-state index contributed by atoms with van der Waals surface area (Å²) < 4.78 is 0. The van der Waals surface area contributed by atoms with Crippen molar-refractivity contribution in [3.63, 3.8) is 0 Å². The fourth-order valence-electron chi connectivity index (χ4n) is 2.35. The van der Waals surface area contributed by atoms with Crippen molar-refractivity contribution in [2.75, 3.05) is 6.54 Å². The second kappa shape index (κ2) is 5.68. The van der Waals surface area contributed by atoms with Crippen LogP contribution < -0.4 is 5.32 Å². The lowest BCUT2D eigenvalue weighted by Gasteiger charge is -2.19. The van der Waals surface area contributed by atoms with Gasteiger partial charge in [-0.2, -0.15) is 0 Å². The van der Waals surface area contributed by atoms with Crippen LogP contribution in [0.1, 0.15) is 49.7 Å². The maximum absolute atomic E-state index is 4.76. The molecule has 18 heavy (non-hydrogen) atoms. The molecular formula is C14H23N3S. The van der Waals surface area contributed by atoms with Crippen LogP contribution in [0.3, 0.4) is 0 Å². The van der Waals surface area contributed by atoms with E-state index in [1.54, 1.807) is 0 Å². The zero-order valence-corrected chi connectivity index (χ0v) is 12.0. The van der Waals surface area contributed by atoms with Gasteiger partial charge in [0.15, 0.2) is 0 Å². The third-order valence-electron chi connectivity index (χ3n) is 3.66. The zero-order valence-electron chi connectivity index (χ0n) is 11.2. The van der Waals surface area contributed by atoms with Gasteiger partial charge in [-0.05, 0) is 38.6 Å². The Balaban J connectivity index is 1.50. The van der Waals surface area contributed by atoms with Crippen molar-refractivity contribution >= 4 is 11.3 Å². The Kier molecular flexibility index (Phi) is 3.97. The van der Waals surface area contributed by atoms with Crippen LogP contribution in [0.4, 0.5) is 0 Å². The summed E-state index contributed by atoms with van der Waals surface area (Å²) >= 11 is 1.81. The van der Waals surface area contributed by atoms with Gasteiger partial charge in [0.2, 0.25) is 0 Å². The van der Waals surface area contributed by atoms with E-state index in [0.29, 0.717) is 0 Å². The molecule has 1 aromatic rings. The average Bonchev–Trinajstić information content (AvgIpc) is 3.27. The lowest BCUT2D eigenvalue weighted by atomic mass is 10.3. The molecule has 1 heterocycles. The minimum atomic E-state index is 0.778. The highest BCUT2D eigenvalue weighted by molar-refractivity contribution is 7.09. The molecule has 1 N–H and O–H groups in total. The van der Waals surface area contributed by atoms with Crippen LogP contribution in [0.15, 0.2) is 5.38 Å². The molecule has 3 nitrogen and oxygen atoms in total. The van der Waals surface area contributed by atoms with Crippen molar-refractivity contribution in [2.45, 2.75) is 64.2 Å². The van der Waals surface area contributed by atoms with E-state index in [2.05, 4.69) is 22.5 Å². The van der Waals surface area contributed by atoms with Gasteiger partial charge in [0.1, 0.15) is 5.01 Å².